The van der Waals surface area contributed by atoms with E-state index in [9.17, 15) is 5.11 Å². The minimum atomic E-state index is -0.611. The van der Waals surface area contributed by atoms with Gasteiger partial charge in [-0.15, -0.1) is 45.3 Å². The van der Waals surface area contributed by atoms with Crippen LogP contribution in [0.15, 0.2) is 63.5 Å². The van der Waals surface area contributed by atoms with Crippen molar-refractivity contribution in [3.63, 3.8) is 0 Å². The second kappa shape index (κ2) is 14.4. The average Bonchev–Trinajstić information content (AvgIpc) is 3.69. The van der Waals surface area contributed by atoms with Gasteiger partial charge >= 0.3 is 0 Å². The molecule has 0 saturated carbocycles. The summed E-state index contributed by atoms with van der Waals surface area (Å²) < 4.78 is 4.77. The van der Waals surface area contributed by atoms with Gasteiger partial charge < -0.3 is 5.11 Å². The zero-order valence-corrected chi connectivity index (χ0v) is 28.6. The molecule has 0 spiro atoms. The summed E-state index contributed by atoms with van der Waals surface area (Å²) in [6, 6.07) is 19.3. The fraction of sp³-hybridized carbons (Fsp3) is 0.375. The van der Waals surface area contributed by atoms with Gasteiger partial charge in [0.2, 0.25) is 0 Å². The largest absolute Gasteiger partial charge is 0.382 e. The van der Waals surface area contributed by atoms with E-state index in [-0.39, 0.29) is 0 Å². The Morgan fingerprint density at radius 2 is 1.44 bits per heavy atom. The van der Waals surface area contributed by atoms with Gasteiger partial charge in [0.15, 0.2) is 0 Å². The third-order valence-electron chi connectivity index (χ3n) is 6.99. The van der Waals surface area contributed by atoms with Crippen LogP contribution in [0.25, 0.3) is 19.8 Å². The molecule has 1 nitrogen and oxygen atoms in total. The van der Waals surface area contributed by atoms with Crippen molar-refractivity contribution in [2.24, 2.45) is 0 Å². The lowest BCUT2D eigenvalue weighted by atomic mass is 10.1. The smallest absolute Gasteiger partial charge is 0.124 e. The van der Waals surface area contributed by atoms with Crippen LogP contribution >= 0.6 is 77.2 Å². The van der Waals surface area contributed by atoms with Gasteiger partial charge in [-0.3, -0.25) is 0 Å². The molecule has 5 aromatic rings. The molecular formula is C32H34Br2OS4. The predicted molar refractivity (Wildman–Crippen MR) is 182 cm³/mol. The second-order valence-electron chi connectivity index (χ2n) is 10.1. The summed E-state index contributed by atoms with van der Waals surface area (Å²) in [4.78, 5) is 7.46. The van der Waals surface area contributed by atoms with Gasteiger partial charge in [-0.1, -0.05) is 82.2 Å². The molecule has 0 aliphatic heterocycles. The van der Waals surface area contributed by atoms with Crippen LogP contribution in [0.1, 0.15) is 88.8 Å². The normalized spacial score (nSPS) is 12.5. The Kier molecular flexibility index (Phi) is 11.0. The number of hydrogen-bond donors (Lipinski definition) is 1. The van der Waals surface area contributed by atoms with Crippen LogP contribution in [0.5, 0.6) is 0 Å². The number of aliphatic hydroxyl groups excluding tert-OH is 1. The molecule has 5 rings (SSSR count). The highest BCUT2D eigenvalue weighted by atomic mass is 79.9. The van der Waals surface area contributed by atoms with Gasteiger partial charge in [-0.25, -0.2) is 0 Å². The van der Waals surface area contributed by atoms with E-state index >= 15 is 0 Å². The van der Waals surface area contributed by atoms with E-state index in [4.69, 9.17) is 0 Å². The maximum atomic E-state index is 11.2. The van der Waals surface area contributed by atoms with Crippen molar-refractivity contribution in [3.05, 3.63) is 87.9 Å². The summed E-state index contributed by atoms with van der Waals surface area (Å²) in [6.45, 7) is 2.28. The monoisotopic (exact) mass is 720 g/mol. The number of unbranched alkanes of at least 4 members (excludes halogenated alkanes) is 7. The van der Waals surface area contributed by atoms with Gasteiger partial charge in [0.25, 0.3) is 0 Å². The highest BCUT2D eigenvalue weighted by Gasteiger charge is 2.21. The first-order chi connectivity index (χ1) is 19.0. The van der Waals surface area contributed by atoms with E-state index in [0.29, 0.717) is 0 Å². The summed E-state index contributed by atoms with van der Waals surface area (Å²) in [5.41, 5.74) is 1.18. The van der Waals surface area contributed by atoms with Gasteiger partial charge in [0, 0.05) is 49.2 Å². The number of thiophene rings is 4. The summed E-state index contributed by atoms with van der Waals surface area (Å²) in [5, 5.41) is 11.2. The Balaban J connectivity index is 1.18. The van der Waals surface area contributed by atoms with Gasteiger partial charge in [0.1, 0.15) is 6.10 Å². The molecule has 1 aromatic carbocycles. The zero-order valence-electron chi connectivity index (χ0n) is 22.2. The van der Waals surface area contributed by atoms with Crippen LogP contribution < -0.4 is 0 Å². The molecule has 1 atom stereocenters. The first-order valence-corrected chi connectivity index (χ1v) is 18.7. The molecule has 4 aromatic heterocycles. The quantitative estimate of drug-likeness (QED) is 0.113. The molecule has 39 heavy (non-hydrogen) atoms. The van der Waals surface area contributed by atoms with E-state index in [2.05, 4.69) is 87.3 Å². The molecule has 1 N–H and O–H groups in total. The summed E-state index contributed by atoms with van der Waals surface area (Å²) in [7, 11) is 0. The lowest BCUT2D eigenvalue weighted by Gasteiger charge is -2.06. The van der Waals surface area contributed by atoms with Gasteiger partial charge in [0.05, 0.1) is 4.88 Å². The predicted octanol–water partition coefficient (Wildman–Crippen LogP) is 12.6. The lowest BCUT2D eigenvalue weighted by Crippen LogP contribution is -1.94. The van der Waals surface area contributed by atoms with Crippen LogP contribution in [0, 0.1) is 0 Å². The molecule has 1 unspecified atom stereocenters. The third-order valence-corrected chi connectivity index (χ3v) is 13.7. The van der Waals surface area contributed by atoms with Crippen molar-refractivity contribution in [3.8, 4) is 10.4 Å². The van der Waals surface area contributed by atoms with Crippen LogP contribution in [0.4, 0.5) is 0 Å². The van der Waals surface area contributed by atoms with Gasteiger partial charge in [-0.2, -0.15) is 0 Å². The first-order valence-electron chi connectivity index (χ1n) is 13.8. The highest BCUT2D eigenvalue weighted by Crippen LogP contribution is 2.44. The summed E-state index contributed by atoms with van der Waals surface area (Å²) >= 11 is 14.7. The van der Waals surface area contributed by atoms with Crippen LogP contribution in [-0.4, -0.2) is 5.11 Å². The van der Waals surface area contributed by atoms with Crippen molar-refractivity contribution >= 4 is 86.6 Å². The minimum Gasteiger partial charge on any atom is -0.382 e. The van der Waals surface area contributed by atoms with Crippen LogP contribution in [0.2, 0.25) is 0 Å². The van der Waals surface area contributed by atoms with Crippen LogP contribution in [0.3, 0.4) is 0 Å². The molecule has 0 fully saturated rings. The number of rotatable bonds is 14. The van der Waals surface area contributed by atoms with Crippen molar-refractivity contribution in [1.82, 2.24) is 0 Å². The Labute approximate surface area is 265 Å². The molecule has 0 saturated heterocycles. The average molecular weight is 723 g/mol. The molecule has 0 radical (unpaired) electrons. The zero-order chi connectivity index (χ0) is 27.2. The van der Waals surface area contributed by atoms with E-state index in [0.717, 1.165) is 20.6 Å². The molecular weight excluding hydrogens is 688 g/mol. The molecule has 206 valence electrons. The maximum Gasteiger partial charge on any atom is 0.124 e. The SMILES string of the molecule is CCCCCCCCCCc1cc(Br)c(Cc2cc3sc(C(O)c4sc(-c5ccccc5)cc4Br)cc3s2)s1. The molecule has 4 heterocycles. The first kappa shape index (κ1) is 29.7. The minimum absolute atomic E-state index is 0.611. The number of aliphatic hydroxyl groups is 1. The second-order valence-corrected chi connectivity index (χ2v) is 16.4. The topological polar surface area (TPSA) is 20.2 Å². The standard InChI is InChI=1S/C32H34Br2OS4/c1-2-3-4-5-6-7-8-12-15-22-16-24(33)27(36-22)17-23-18-28-29(37-23)20-30(38-28)31(35)32-25(34)19-26(39-32)21-13-10-9-11-14-21/h9-11,13-14,16,18-20,31,35H,2-8,12,15,17H2,1H3. The Morgan fingerprint density at radius 1 is 0.718 bits per heavy atom. The van der Waals surface area contributed by atoms with Crippen molar-refractivity contribution in [2.75, 3.05) is 0 Å². The lowest BCUT2D eigenvalue weighted by molar-refractivity contribution is 0.227. The number of fused-ring (bicyclic) bond motifs is 1. The summed E-state index contributed by atoms with van der Waals surface area (Å²) in [6.07, 6.45) is 12.5. The molecule has 7 heteroatoms. The number of benzene rings is 1. The van der Waals surface area contributed by atoms with E-state index in [1.807, 2.05) is 28.7 Å². The number of aryl methyl sites for hydroxylation is 1. The number of hydrogen-bond acceptors (Lipinski definition) is 5. The molecule has 0 bridgehead atoms. The maximum absolute atomic E-state index is 11.2. The Hall–Kier alpha value is -0.800. The molecule has 0 amide bonds. The fourth-order valence-electron chi connectivity index (χ4n) is 4.86. The number of halogens is 2. The summed E-state index contributed by atoms with van der Waals surface area (Å²) in [5.74, 6) is 0. The Bertz CT molecular complexity index is 1450. The van der Waals surface area contributed by atoms with Crippen molar-refractivity contribution in [2.45, 2.75) is 77.2 Å². The van der Waals surface area contributed by atoms with E-state index in [1.54, 1.807) is 22.7 Å². The van der Waals surface area contributed by atoms with Crippen LogP contribution in [-0.2, 0) is 12.8 Å². The molecule has 0 aliphatic rings. The van der Waals surface area contributed by atoms with Crippen molar-refractivity contribution in [1.29, 1.82) is 0 Å². The highest BCUT2D eigenvalue weighted by molar-refractivity contribution is 9.11. The van der Waals surface area contributed by atoms with E-state index < -0.39 is 6.10 Å². The fourth-order valence-corrected chi connectivity index (χ4v) is 11.3. The molecule has 0 aliphatic carbocycles. The van der Waals surface area contributed by atoms with Crippen molar-refractivity contribution < 1.29 is 5.11 Å². The van der Waals surface area contributed by atoms with E-state index in [1.165, 1.54) is 96.7 Å². The third kappa shape index (κ3) is 7.73. The Morgan fingerprint density at radius 3 is 2.18 bits per heavy atom. The van der Waals surface area contributed by atoms with Gasteiger partial charge in [-0.05, 0) is 74.5 Å².